The molecule has 2 atom stereocenters. The molecule has 0 aromatic rings. The van der Waals surface area contributed by atoms with E-state index in [-0.39, 0.29) is 5.91 Å². The van der Waals surface area contributed by atoms with Crippen LogP contribution in [0.5, 0.6) is 0 Å². The molecule has 6 nitrogen and oxygen atoms in total. The number of hydrogen-bond donors (Lipinski definition) is 3. The summed E-state index contributed by atoms with van der Waals surface area (Å²) in [5.74, 6) is -0.862. The maximum Gasteiger partial charge on any atom is 0.238 e. The minimum absolute atomic E-state index is 0.293. The molecule has 0 spiro atoms. The fraction of sp³-hybridized carbons (Fsp3) is 0.895. The molecule has 0 aliphatic heterocycles. The lowest BCUT2D eigenvalue weighted by molar-refractivity contribution is -0.181. The van der Waals surface area contributed by atoms with Crippen LogP contribution in [0, 0.1) is 5.41 Å². The SMILES string of the molecule is CC(N(C(=O)C1(C(N)=O)CCCC1)C(C)C1(O)CCC1)C1(O)CCC1. The number of aliphatic hydroxyl groups is 2. The molecular weight excluding hydrogens is 320 g/mol. The van der Waals surface area contributed by atoms with Gasteiger partial charge in [-0.3, -0.25) is 9.59 Å². The number of carbonyl (C=O) groups is 2. The summed E-state index contributed by atoms with van der Waals surface area (Å²) in [4.78, 5) is 27.4. The second-order valence-corrected chi connectivity index (χ2v) is 8.63. The topological polar surface area (TPSA) is 104 Å². The zero-order valence-electron chi connectivity index (χ0n) is 15.5. The van der Waals surface area contributed by atoms with Crippen molar-refractivity contribution < 1.29 is 19.8 Å². The summed E-state index contributed by atoms with van der Waals surface area (Å²) >= 11 is 0. The van der Waals surface area contributed by atoms with E-state index >= 15 is 0 Å². The van der Waals surface area contributed by atoms with Crippen molar-refractivity contribution in [1.82, 2.24) is 4.90 Å². The van der Waals surface area contributed by atoms with E-state index in [0.717, 1.165) is 25.7 Å². The molecule has 25 heavy (non-hydrogen) atoms. The molecule has 0 aromatic carbocycles. The first-order chi connectivity index (χ1) is 11.7. The molecule has 2 amide bonds. The van der Waals surface area contributed by atoms with Crippen LogP contribution in [0.15, 0.2) is 0 Å². The van der Waals surface area contributed by atoms with Gasteiger partial charge in [0.1, 0.15) is 5.41 Å². The van der Waals surface area contributed by atoms with E-state index < -0.39 is 34.6 Å². The zero-order chi connectivity index (χ0) is 18.5. The number of hydrogen-bond acceptors (Lipinski definition) is 4. The molecule has 3 fully saturated rings. The molecule has 0 bridgehead atoms. The summed E-state index contributed by atoms with van der Waals surface area (Å²) in [6.45, 7) is 3.69. The Labute approximate surface area is 149 Å². The highest BCUT2D eigenvalue weighted by molar-refractivity contribution is 6.05. The van der Waals surface area contributed by atoms with Gasteiger partial charge in [-0.25, -0.2) is 0 Å². The molecular formula is C19H32N2O4. The summed E-state index contributed by atoms with van der Waals surface area (Å²) in [5.41, 5.74) is 2.64. The van der Waals surface area contributed by atoms with E-state index in [1.165, 1.54) is 0 Å². The summed E-state index contributed by atoms with van der Waals surface area (Å²) < 4.78 is 0. The Bertz CT molecular complexity index is 522. The molecule has 3 aliphatic carbocycles. The van der Waals surface area contributed by atoms with E-state index in [1.54, 1.807) is 4.90 Å². The lowest BCUT2D eigenvalue weighted by atomic mass is 9.70. The largest absolute Gasteiger partial charge is 0.388 e. The first-order valence-corrected chi connectivity index (χ1v) is 9.74. The Kier molecular flexibility index (Phi) is 4.65. The van der Waals surface area contributed by atoms with Crippen LogP contribution in [0.25, 0.3) is 0 Å². The molecule has 3 aliphatic rings. The molecule has 0 radical (unpaired) electrons. The molecule has 142 valence electrons. The van der Waals surface area contributed by atoms with Gasteiger partial charge in [-0.2, -0.15) is 0 Å². The molecule has 2 unspecified atom stereocenters. The Balaban J connectivity index is 1.95. The standard InChI is InChI=1S/C19H32N2O4/c1-13(18(24)9-5-10-18)21(14(2)19(25)11-6-12-19)16(23)17(15(20)22)7-3-4-8-17/h13-14,24-25H,3-12H2,1-2H3,(H2,20,22). The maximum atomic E-state index is 13.6. The molecule has 0 saturated heterocycles. The van der Waals surface area contributed by atoms with Crippen LogP contribution in [0.3, 0.4) is 0 Å². The first kappa shape index (κ1) is 18.6. The van der Waals surface area contributed by atoms with Gasteiger partial charge in [0.15, 0.2) is 0 Å². The lowest BCUT2D eigenvalue weighted by Crippen LogP contribution is -2.68. The van der Waals surface area contributed by atoms with Crippen molar-refractivity contribution in [2.45, 2.75) is 101 Å². The summed E-state index contributed by atoms with van der Waals surface area (Å²) in [5, 5.41) is 21.8. The molecule has 4 N–H and O–H groups in total. The normalized spacial score (nSPS) is 28.3. The third-order valence-corrected chi connectivity index (χ3v) is 7.40. The minimum Gasteiger partial charge on any atom is -0.388 e. The Morgan fingerprint density at radius 2 is 1.24 bits per heavy atom. The summed E-state index contributed by atoms with van der Waals surface area (Å²) in [7, 11) is 0. The number of primary amides is 1. The van der Waals surface area contributed by atoms with E-state index in [2.05, 4.69) is 0 Å². The number of rotatable bonds is 6. The molecule has 0 heterocycles. The predicted molar refractivity (Wildman–Crippen MR) is 93.5 cm³/mol. The van der Waals surface area contributed by atoms with Gasteiger partial charge >= 0.3 is 0 Å². The number of nitrogens with two attached hydrogens (primary N) is 1. The van der Waals surface area contributed by atoms with Crippen LogP contribution in [-0.2, 0) is 9.59 Å². The van der Waals surface area contributed by atoms with Gasteiger partial charge in [-0.1, -0.05) is 12.8 Å². The zero-order valence-corrected chi connectivity index (χ0v) is 15.5. The van der Waals surface area contributed by atoms with Gasteiger partial charge in [0, 0.05) is 0 Å². The number of amides is 2. The number of nitrogens with zero attached hydrogens (tertiary/aromatic N) is 1. The molecule has 3 rings (SSSR count). The molecule has 3 saturated carbocycles. The molecule has 6 heteroatoms. The molecule has 0 aromatic heterocycles. The van der Waals surface area contributed by atoms with Crippen LogP contribution in [-0.4, -0.2) is 50.2 Å². The van der Waals surface area contributed by atoms with Crippen molar-refractivity contribution in [3.8, 4) is 0 Å². The summed E-state index contributed by atoms with van der Waals surface area (Å²) in [6.07, 6.45) is 6.99. The highest BCUT2D eigenvalue weighted by Gasteiger charge is 2.56. The third-order valence-electron chi connectivity index (χ3n) is 7.40. The fourth-order valence-electron chi connectivity index (χ4n) is 4.91. The van der Waals surface area contributed by atoms with Crippen molar-refractivity contribution in [1.29, 1.82) is 0 Å². The van der Waals surface area contributed by atoms with Crippen molar-refractivity contribution in [2.24, 2.45) is 11.1 Å². The van der Waals surface area contributed by atoms with Gasteiger partial charge in [0.25, 0.3) is 0 Å². The van der Waals surface area contributed by atoms with Gasteiger partial charge in [-0.15, -0.1) is 0 Å². The Morgan fingerprint density at radius 3 is 1.52 bits per heavy atom. The average Bonchev–Trinajstić information content (AvgIpc) is 3.01. The number of carbonyl (C=O) groups excluding carboxylic acids is 2. The highest BCUT2D eigenvalue weighted by Crippen LogP contribution is 2.46. The quantitative estimate of drug-likeness (QED) is 0.630. The monoisotopic (exact) mass is 352 g/mol. The first-order valence-electron chi connectivity index (χ1n) is 9.74. The fourth-order valence-corrected chi connectivity index (χ4v) is 4.91. The third kappa shape index (κ3) is 2.78. The van der Waals surface area contributed by atoms with Crippen LogP contribution >= 0.6 is 0 Å². The lowest BCUT2D eigenvalue weighted by Gasteiger charge is -2.54. The maximum absolute atomic E-state index is 13.6. The van der Waals surface area contributed by atoms with E-state index in [0.29, 0.717) is 38.5 Å². The van der Waals surface area contributed by atoms with Gasteiger partial charge in [0.2, 0.25) is 11.8 Å². The van der Waals surface area contributed by atoms with E-state index in [4.69, 9.17) is 5.73 Å². The van der Waals surface area contributed by atoms with Crippen molar-refractivity contribution in [2.75, 3.05) is 0 Å². The van der Waals surface area contributed by atoms with Crippen LogP contribution < -0.4 is 5.73 Å². The highest BCUT2D eigenvalue weighted by atomic mass is 16.3. The second-order valence-electron chi connectivity index (χ2n) is 8.63. The Morgan fingerprint density at radius 1 is 0.840 bits per heavy atom. The van der Waals surface area contributed by atoms with E-state index in [1.807, 2.05) is 13.8 Å². The minimum atomic E-state index is -1.18. The smallest absolute Gasteiger partial charge is 0.238 e. The van der Waals surface area contributed by atoms with Gasteiger partial charge in [0.05, 0.1) is 23.3 Å². The summed E-state index contributed by atoms with van der Waals surface area (Å²) in [6, 6.07) is -0.879. The van der Waals surface area contributed by atoms with Crippen molar-refractivity contribution in [3.63, 3.8) is 0 Å². The van der Waals surface area contributed by atoms with Crippen LogP contribution in [0.1, 0.15) is 78.1 Å². The van der Waals surface area contributed by atoms with Gasteiger partial charge in [-0.05, 0) is 65.2 Å². The Hall–Kier alpha value is -1.14. The van der Waals surface area contributed by atoms with Crippen molar-refractivity contribution >= 4 is 11.8 Å². The van der Waals surface area contributed by atoms with Gasteiger partial charge < -0.3 is 20.8 Å². The average molecular weight is 352 g/mol. The predicted octanol–water partition coefficient (Wildman–Crippen LogP) is 1.47. The van der Waals surface area contributed by atoms with Crippen molar-refractivity contribution in [3.05, 3.63) is 0 Å². The van der Waals surface area contributed by atoms with E-state index in [9.17, 15) is 19.8 Å². The second kappa shape index (κ2) is 6.23. The van der Waals surface area contributed by atoms with Crippen LogP contribution in [0.4, 0.5) is 0 Å². The van der Waals surface area contributed by atoms with Crippen LogP contribution in [0.2, 0.25) is 0 Å².